The number of hydrogen-bond donors (Lipinski definition) is 1. The molecule has 1 N–H and O–H groups in total. The molecule has 5 heteroatoms. The molecular formula is C14H17ClFNO2. The van der Waals surface area contributed by atoms with Gasteiger partial charge in [0, 0.05) is 11.1 Å². The van der Waals surface area contributed by atoms with Gasteiger partial charge < -0.3 is 4.74 Å². The monoisotopic (exact) mass is 285 g/mol. The van der Waals surface area contributed by atoms with Gasteiger partial charge in [-0.15, -0.1) is 0 Å². The van der Waals surface area contributed by atoms with Crippen LogP contribution in [0.25, 0.3) is 0 Å². The summed E-state index contributed by atoms with van der Waals surface area (Å²) >= 11 is 5.84. The van der Waals surface area contributed by atoms with Crippen LogP contribution < -0.4 is 5.32 Å². The molecule has 0 bridgehead atoms. The van der Waals surface area contributed by atoms with Gasteiger partial charge in [-0.1, -0.05) is 24.4 Å². The number of methoxy groups -OCH3 is 1. The Morgan fingerprint density at radius 2 is 2.11 bits per heavy atom. The Morgan fingerprint density at radius 3 is 2.68 bits per heavy atom. The minimum atomic E-state index is -0.665. The smallest absolute Gasteiger partial charge is 0.327 e. The number of halogens is 2. The molecule has 19 heavy (non-hydrogen) atoms. The van der Waals surface area contributed by atoms with Crippen molar-refractivity contribution in [3.8, 4) is 0 Å². The fourth-order valence-electron chi connectivity index (χ4n) is 2.49. The number of rotatable bonds is 4. The second kappa shape index (κ2) is 6.35. The first-order valence-electron chi connectivity index (χ1n) is 6.40. The predicted molar refractivity (Wildman–Crippen MR) is 71.6 cm³/mol. The van der Waals surface area contributed by atoms with Crippen LogP contribution in [0.1, 0.15) is 37.3 Å². The van der Waals surface area contributed by atoms with Crippen molar-refractivity contribution in [2.24, 2.45) is 0 Å². The molecule has 1 fully saturated rings. The molecular weight excluding hydrogens is 269 g/mol. The maximum atomic E-state index is 13.4. The molecule has 0 amide bonds. The molecule has 0 aromatic heterocycles. The molecule has 1 unspecified atom stereocenters. The van der Waals surface area contributed by atoms with E-state index >= 15 is 0 Å². The van der Waals surface area contributed by atoms with E-state index < -0.39 is 17.8 Å². The van der Waals surface area contributed by atoms with Crippen molar-refractivity contribution in [1.29, 1.82) is 0 Å². The second-order valence-corrected chi connectivity index (χ2v) is 5.24. The highest BCUT2D eigenvalue weighted by molar-refractivity contribution is 6.30. The number of carbonyl (C=O) groups is 1. The van der Waals surface area contributed by atoms with E-state index in [2.05, 4.69) is 5.32 Å². The number of hydrogen-bond acceptors (Lipinski definition) is 3. The largest absolute Gasteiger partial charge is 0.468 e. The van der Waals surface area contributed by atoms with Gasteiger partial charge in [0.2, 0.25) is 0 Å². The lowest BCUT2D eigenvalue weighted by Gasteiger charge is -2.21. The first kappa shape index (κ1) is 14.3. The summed E-state index contributed by atoms with van der Waals surface area (Å²) in [5.41, 5.74) is 0.503. The van der Waals surface area contributed by atoms with E-state index in [-0.39, 0.29) is 11.1 Å². The summed E-state index contributed by atoms with van der Waals surface area (Å²) in [7, 11) is 1.33. The van der Waals surface area contributed by atoms with Crippen LogP contribution in [0, 0.1) is 5.82 Å². The summed E-state index contributed by atoms with van der Waals surface area (Å²) in [6.07, 6.45) is 4.35. The van der Waals surface area contributed by atoms with E-state index in [1.165, 1.54) is 19.2 Å². The van der Waals surface area contributed by atoms with Gasteiger partial charge in [0.25, 0.3) is 0 Å². The Morgan fingerprint density at radius 1 is 1.42 bits per heavy atom. The van der Waals surface area contributed by atoms with E-state index in [4.69, 9.17) is 16.3 Å². The maximum absolute atomic E-state index is 13.4. The van der Waals surface area contributed by atoms with Gasteiger partial charge >= 0.3 is 5.97 Å². The predicted octanol–water partition coefficient (Wildman–Crippen LogP) is 3.23. The van der Waals surface area contributed by atoms with Crippen LogP contribution in [0.5, 0.6) is 0 Å². The number of nitrogens with one attached hydrogen (secondary N) is 1. The zero-order chi connectivity index (χ0) is 13.8. The van der Waals surface area contributed by atoms with Crippen LogP contribution in [0.3, 0.4) is 0 Å². The van der Waals surface area contributed by atoms with Gasteiger partial charge in [0.05, 0.1) is 7.11 Å². The summed E-state index contributed by atoms with van der Waals surface area (Å²) in [6.45, 7) is 0. The topological polar surface area (TPSA) is 38.3 Å². The lowest BCUT2D eigenvalue weighted by atomic mass is 10.1. The first-order valence-corrected chi connectivity index (χ1v) is 6.78. The summed E-state index contributed by atoms with van der Waals surface area (Å²) in [5, 5.41) is 3.51. The molecule has 1 aromatic rings. The highest BCUT2D eigenvalue weighted by Crippen LogP contribution is 2.25. The third-order valence-corrected chi connectivity index (χ3v) is 3.63. The molecule has 1 aromatic carbocycles. The maximum Gasteiger partial charge on any atom is 0.327 e. The fourth-order valence-corrected chi connectivity index (χ4v) is 2.72. The van der Waals surface area contributed by atoms with Gasteiger partial charge in [0.1, 0.15) is 11.9 Å². The Balaban J connectivity index is 2.22. The third kappa shape index (κ3) is 3.67. The first-order chi connectivity index (χ1) is 9.10. The molecule has 0 radical (unpaired) electrons. The van der Waals surface area contributed by atoms with Crippen LogP contribution in [0.2, 0.25) is 5.02 Å². The number of ether oxygens (including phenoxy) is 1. The van der Waals surface area contributed by atoms with Gasteiger partial charge in [-0.05, 0) is 36.6 Å². The van der Waals surface area contributed by atoms with E-state index in [0.717, 1.165) is 25.7 Å². The van der Waals surface area contributed by atoms with Crippen molar-refractivity contribution in [3.63, 3.8) is 0 Å². The molecule has 0 heterocycles. The number of esters is 1. The van der Waals surface area contributed by atoms with E-state index in [9.17, 15) is 9.18 Å². The van der Waals surface area contributed by atoms with Gasteiger partial charge in [-0.2, -0.15) is 0 Å². The molecule has 0 saturated heterocycles. The SMILES string of the molecule is COC(=O)C(NC1CCCC1)c1cc(F)cc(Cl)c1. The minimum absolute atomic E-state index is 0.270. The lowest BCUT2D eigenvalue weighted by molar-refractivity contribution is -0.143. The zero-order valence-corrected chi connectivity index (χ0v) is 11.5. The van der Waals surface area contributed by atoms with Crippen LogP contribution >= 0.6 is 11.6 Å². The lowest BCUT2D eigenvalue weighted by Crippen LogP contribution is -2.36. The quantitative estimate of drug-likeness (QED) is 0.863. The van der Waals surface area contributed by atoms with Crippen molar-refractivity contribution in [2.75, 3.05) is 7.11 Å². The number of carbonyl (C=O) groups excluding carboxylic acids is 1. The van der Waals surface area contributed by atoms with Crippen molar-refractivity contribution >= 4 is 17.6 Å². The van der Waals surface area contributed by atoms with E-state index in [1.54, 1.807) is 6.07 Å². The molecule has 0 spiro atoms. The molecule has 1 aliphatic rings. The molecule has 104 valence electrons. The molecule has 1 saturated carbocycles. The van der Waals surface area contributed by atoms with Crippen molar-refractivity contribution in [2.45, 2.75) is 37.8 Å². The van der Waals surface area contributed by atoms with Crippen LogP contribution in [0.15, 0.2) is 18.2 Å². The molecule has 1 aliphatic carbocycles. The standard InChI is InChI=1S/C14H17ClFNO2/c1-19-14(18)13(17-12-4-2-3-5-12)9-6-10(15)8-11(16)7-9/h6-8,12-13,17H,2-5H2,1H3. The van der Waals surface area contributed by atoms with E-state index in [0.29, 0.717) is 5.56 Å². The van der Waals surface area contributed by atoms with Crippen LogP contribution in [0.4, 0.5) is 4.39 Å². The minimum Gasteiger partial charge on any atom is -0.468 e. The number of benzene rings is 1. The molecule has 0 aliphatic heterocycles. The third-order valence-electron chi connectivity index (χ3n) is 3.41. The second-order valence-electron chi connectivity index (χ2n) is 4.81. The van der Waals surface area contributed by atoms with Crippen molar-refractivity contribution in [1.82, 2.24) is 5.32 Å². The molecule has 3 nitrogen and oxygen atoms in total. The average Bonchev–Trinajstić information content (AvgIpc) is 2.86. The Hall–Kier alpha value is -1.13. The highest BCUT2D eigenvalue weighted by Gasteiger charge is 2.26. The Bertz CT molecular complexity index is 441. The summed E-state index contributed by atoms with van der Waals surface area (Å²) in [5.74, 6) is -0.877. The summed E-state index contributed by atoms with van der Waals surface area (Å²) in [6, 6.07) is 3.73. The van der Waals surface area contributed by atoms with Gasteiger partial charge in [0.15, 0.2) is 0 Å². The molecule has 1 atom stereocenters. The average molecular weight is 286 g/mol. The fraction of sp³-hybridized carbons (Fsp3) is 0.500. The van der Waals surface area contributed by atoms with Gasteiger partial charge in [-0.3, -0.25) is 5.32 Å². The van der Waals surface area contributed by atoms with Crippen LogP contribution in [-0.4, -0.2) is 19.1 Å². The normalized spacial score (nSPS) is 17.4. The summed E-state index contributed by atoms with van der Waals surface area (Å²) < 4.78 is 18.2. The van der Waals surface area contributed by atoms with Crippen LogP contribution in [-0.2, 0) is 9.53 Å². The van der Waals surface area contributed by atoms with Crippen molar-refractivity contribution < 1.29 is 13.9 Å². The van der Waals surface area contributed by atoms with Crippen molar-refractivity contribution in [3.05, 3.63) is 34.6 Å². The zero-order valence-electron chi connectivity index (χ0n) is 10.8. The summed E-state index contributed by atoms with van der Waals surface area (Å²) in [4.78, 5) is 11.9. The van der Waals surface area contributed by atoms with Gasteiger partial charge in [-0.25, -0.2) is 9.18 Å². The highest BCUT2D eigenvalue weighted by atomic mass is 35.5. The Kier molecular flexibility index (Phi) is 4.77. The molecule has 2 rings (SSSR count). The Labute approximate surface area is 117 Å². The van der Waals surface area contributed by atoms with E-state index in [1.807, 2.05) is 0 Å².